The Kier molecular flexibility index (Phi) is 4.32. The number of nitrogens with zero attached hydrogens (tertiary/aromatic N) is 1. The standard InChI is InChI=1S/C15H22N2/c1-3-16-15(13-9-5-4-6-10-13)14-12(2)8-7-11-17-14/h7-9,11,15-16H,3-6,10H2,1-2H3. The molecule has 92 valence electrons. The molecule has 2 nitrogen and oxygen atoms in total. The molecule has 0 bridgehead atoms. The van der Waals surface area contributed by atoms with Gasteiger partial charge in [-0.15, -0.1) is 0 Å². The summed E-state index contributed by atoms with van der Waals surface area (Å²) in [5.41, 5.74) is 4.01. The Hall–Kier alpha value is -1.15. The minimum atomic E-state index is 0.321. The van der Waals surface area contributed by atoms with E-state index < -0.39 is 0 Å². The Bertz CT molecular complexity index is 396. The molecule has 1 atom stereocenters. The van der Waals surface area contributed by atoms with E-state index in [1.54, 1.807) is 0 Å². The molecule has 1 aliphatic rings. The van der Waals surface area contributed by atoms with Gasteiger partial charge in [-0.05, 0) is 50.8 Å². The maximum atomic E-state index is 4.57. The van der Waals surface area contributed by atoms with E-state index >= 15 is 0 Å². The first-order valence-electron chi connectivity index (χ1n) is 6.66. The van der Waals surface area contributed by atoms with E-state index in [2.05, 4.69) is 36.3 Å². The van der Waals surface area contributed by atoms with Crippen LogP contribution in [0.1, 0.15) is 49.9 Å². The lowest BCUT2D eigenvalue weighted by Crippen LogP contribution is -2.25. The molecule has 0 aromatic carbocycles. The quantitative estimate of drug-likeness (QED) is 0.800. The summed E-state index contributed by atoms with van der Waals surface area (Å²) in [6.45, 7) is 5.29. The molecule has 2 rings (SSSR count). The van der Waals surface area contributed by atoms with E-state index in [-0.39, 0.29) is 0 Å². The molecule has 0 fully saturated rings. The number of pyridine rings is 1. The molecule has 2 heteroatoms. The Labute approximate surface area is 104 Å². The van der Waals surface area contributed by atoms with Crippen molar-refractivity contribution in [2.45, 2.75) is 45.6 Å². The number of allylic oxidation sites excluding steroid dienone is 1. The van der Waals surface area contributed by atoms with E-state index in [9.17, 15) is 0 Å². The molecule has 1 aromatic rings. The number of hydrogen-bond acceptors (Lipinski definition) is 2. The summed E-state index contributed by atoms with van der Waals surface area (Å²) in [6, 6.07) is 4.48. The lowest BCUT2D eigenvalue weighted by Gasteiger charge is -2.24. The molecule has 0 amide bonds. The summed E-state index contributed by atoms with van der Waals surface area (Å²) in [7, 11) is 0. The van der Waals surface area contributed by atoms with Gasteiger partial charge in [0.25, 0.3) is 0 Å². The summed E-state index contributed by atoms with van der Waals surface area (Å²) in [5.74, 6) is 0. The first-order chi connectivity index (χ1) is 8.33. The highest BCUT2D eigenvalue weighted by atomic mass is 14.9. The van der Waals surface area contributed by atoms with Crippen molar-refractivity contribution in [3.05, 3.63) is 41.2 Å². The summed E-state index contributed by atoms with van der Waals surface area (Å²) in [5, 5.41) is 3.58. The predicted octanol–water partition coefficient (Wildman–Crippen LogP) is 3.54. The van der Waals surface area contributed by atoms with Crippen molar-refractivity contribution < 1.29 is 0 Å². The molecule has 1 N–H and O–H groups in total. The molecule has 0 aliphatic heterocycles. The second-order valence-electron chi connectivity index (χ2n) is 4.72. The molecule has 1 heterocycles. The summed E-state index contributed by atoms with van der Waals surface area (Å²) < 4.78 is 0. The smallest absolute Gasteiger partial charge is 0.0713 e. The Balaban J connectivity index is 2.28. The van der Waals surface area contributed by atoms with Crippen LogP contribution < -0.4 is 5.32 Å². The molecular formula is C15H22N2. The number of hydrogen-bond donors (Lipinski definition) is 1. The highest BCUT2D eigenvalue weighted by Crippen LogP contribution is 2.30. The first-order valence-corrected chi connectivity index (χ1v) is 6.66. The minimum absolute atomic E-state index is 0.321. The van der Waals surface area contributed by atoms with Crippen LogP contribution in [-0.2, 0) is 0 Å². The van der Waals surface area contributed by atoms with Crippen LogP contribution in [0, 0.1) is 6.92 Å². The third-order valence-electron chi connectivity index (χ3n) is 3.43. The largest absolute Gasteiger partial charge is 0.306 e. The molecule has 1 aliphatic carbocycles. The maximum Gasteiger partial charge on any atom is 0.0713 e. The van der Waals surface area contributed by atoms with Crippen LogP contribution in [0.2, 0.25) is 0 Å². The zero-order valence-corrected chi connectivity index (χ0v) is 10.9. The fourth-order valence-electron chi connectivity index (χ4n) is 2.53. The molecule has 0 radical (unpaired) electrons. The van der Waals surface area contributed by atoms with Crippen LogP contribution in [0.4, 0.5) is 0 Å². The fraction of sp³-hybridized carbons (Fsp3) is 0.533. The minimum Gasteiger partial charge on any atom is -0.306 e. The number of likely N-dealkylation sites (N-methyl/N-ethyl adjacent to an activating group) is 1. The van der Waals surface area contributed by atoms with Crippen LogP contribution >= 0.6 is 0 Å². The van der Waals surface area contributed by atoms with E-state index in [0.29, 0.717) is 6.04 Å². The van der Waals surface area contributed by atoms with Crippen molar-refractivity contribution >= 4 is 0 Å². The highest BCUT2D eigenvalue weighted by molar-refractivity contribution is 5.29. The molecular weight excluding hydrogens is 208 g/mol. The average Bonchev–Trinajstić information content (AvgIpc) is 2.38. The molecule has 17 heavy (non-hydrogen) atoms. The van der Waals surface area contributed by atoms with Gasteiger partial charge < -0.3 is 5.32 Å². The van der Waals surface area contributed by atoms with Gasteiger partial charge in [0.2, 0.25) is 0 Å². The monoisotopic (exact) mass is 230 g/mol. The normalized spacial score (nSPS) is 17.6. The summed E-state index contributed by atoms with van der Waals surface area (Å²) >= 11 is 0. The van der Waals surface area contributed by atoms with Crippen LogP contribution in [0.5, 0.6) is 0 Å². The van der Waals surface area contributed by atoms with E-state index in [1.807, 2.05) is 12.3 Å². The van der Waals surface area contributed by atoms with Crippen molar-refractivity contribution in [1.82, 2.24) is 10.3 Å². The third kappa shape index (κ3) is 2.95. The molecule has 0 saturated heterocycles. The molecule has 1 unspecified atom stereocenters. The van der Waals surface area contributed by atoms with Gasteiger partial charge in [-0.25, -0.2) is 0 Å². The maximum absolute atomic E-state index is 4.57. The van der Waals surface area contributed by atoms with E-state index in [4.69, 9.17) is 0 Å². The van der Waals surface area contributed by atoms with Gasteiger partial charge in [0.15, 0.2) is 0 Å². The number of nitrogens with one attached hydrogen (secondary N) is 1. The summed E-state index contributed by atoms with van der Waals surface area (Å²) in [6.07, 6.45) is 9.40. The molecule has 0 saturated carbocycles. The van der Waals surface area contributed by atoms with Crippen LogP contribution in [0.25, 0.3) is 0 Å². The Morgan fingerprint density at radius 2 is 2.29 bits per heavy atom. The van der Waals surface area contributed by atoms with Gasteiger partial charge in [0.1, 0.15) is 0 Å². The van der Waals surface area contributed by atoms with Crippen molar-refractivity contribution in [1.29, 1.82) is 0 Å². The number of aromatic nitrogens is 1. The fourth-order valence-corrected chi connectivity index (χ4v) is 2.53. The van der Waals surface area contributed by atoms with Gasteiger partial charge in [-0.1, -0.05) is 24.6 Å². The van der Waals surface area contributed by atoms with Gasteiger partial charge in [0.05, 0.1) is 11.7 Å². The predicted molar refractivity (Wildman–Crippen MR) is 71.9 cm³/mol. The van der Waals surface area contributed by atoms with Gasteiger partial charge >= 0.3 is 0 Å². The van der Waals surface area contributed by atoms with Crippen molar-refractivity contribution in [2.75, 3.05) is 6.54 Å². The molecule has 0 spiro atoms. The SMILES string of the molecule is CCNC(C1=CCCCC1)c1ncccc1C. The lowest BCUT2D eigenvalue weighted by atomic mass is 9.90. The second kappa shape index (κ2) is 5.97. The van der Waals surface area contributed by atoms with E-state index in [0.717, 1.165) is 6.54 Å². The van der Waals surface area contributed by atoms with Gasteiger partial charge in [-0.3, -0.25) is 4.98 Å². The third-order valence-corrected chi connectivity index (χ3v) is 3.43. The first kappa shape index (κ1) is 12.3. The van der Waals surface area contributed by atoms with Crippen LogP contribution in [0.3, 0.4) is 0 Å². The van der Waals surface area contributed by atoms with Crippen molar-refractivity contribution in [2.24, 2.45) is 0 Å². The van der Waals surface area contributed by atoms with E-state index in [1.165, 1.54) is 42.5 Å². The van der Waals surface area contributed by atoms with Crippen LogP contribution in [0.15, 0.2) is 30.0 Å². The number of rotatable bonds is 4. The Morgan fingerprint density at radius 3 is 2.94 bits per heavy atom. The molecule has 1 aromatic heterocycles. The average molecular weight is 230 g/mol. The zero-order chi connectivity index (χ0) is 12.1. The van der Waals surface area contributed by atoms with Gasteiger partial charge in [-0.2, -0.15) is 0 Å². The topological polar surface area (TPSA) is 24.9 Å². The van der Waals surface area contributed by atoms with Crippen molar-refractivity contribution in [3.8, 4) is 0 Å². The number of aryl methyl sites for hydroxylation is 1. The second-order valence-corrected chi connectivity index (χ2v) is 4.72. The lowest BCUT2D eigenvalue weighted by molar-refractivity contribution is 0.551. The summed E-state index contributed by atoms with van der Waals surface area (Å²) in [4.78, 5) is 4.57. The van der Waals surface area contributed by atoms with Crippen molar-refractivity contribution in [3.63, 3.8) is 0 Å². The zero-order valence-electron chi connectivity index (χ0n) is 10.9. The van der Waals surface area contributed by atoms with Gasteiger partial charge in [0, 0.05) is 6.20 Å². The highest BCUT2D eigenvalue weighted by Gasteiger charge is 2.19. The Morgan fingerprint density at radius 1 is 1.41 bits per heavy atom. The van der Waals surface area contributed by atoms with Crippen LogP contribution in [-0.4, -0.2) is 11.5 Å².